The molecule has 3 rings (SSSR count). The van der Waals surface area contributed by atoms with Gasteiger partial charge in [-0.2, -0.15) is 0 Å². The third kappa shape index (κ3) is 3.63. The Balaban J connectivity index is 1.97. The van der Waals surface area contributed by atoms with Gasteiger partial charge in [-0.3, -0.25) is 0 Å². The molecule has 0 aliphatic heterocycles. The lowest BCUT2D eigenvalue weighted by Gasteiger charge is -2.19. The van der Waals surface area contributed by atoms with Crippen LogP contribution in [0.15, 0.2) is 66.9 Å². The zero-order valence-corrected chi connectivity index (χ0v) is 12.1. The average Bonchev–Trinajstić information content (AvgIpc) is 2.56. The number of halogens is 2. The molecule has 5 heteroatoms. The predicted molar refractivity (Wildman–Crippen MR) is 83.9 cm³/mol. The van der Waals surface area contributed by atoms with Gasteiger partial charge in [-0.05, 0) is 41.5 Å². The molecule has 116 valence electrons. The molecule has 3 aromatic rings. The Hall–Kier alpha value is -2.95. The van der Waals surface area contributed by atoms with Crippen LogP contribution in [0, 0.1) is 11.6 Å². The van der Waals surface area contributed by atoms with Crippen LogP contribution in [0.5, 0.6) is 5.88 Å². The van der Waals surface area contributed by atoms with E-state index in [0.717, 1.165) is 11.1 Å². The van der Waals surface area contributed by atoms with E-state index < -0.39 is 6.10 Å². The number of rotatable bonds is 4. The number of nitrogens with two attached hydrogens (primary N) is 1. The lowest BCUT2D eigenvalue weighted by Crippen LogP contribution is -2.10. The zero-order chi connectivity index (χ0) is 16.2. The van der Waals surface area contributed by atoms with Crippen molar-refractivity contribution in [2.45, 2.75) is 6.10 Å². The molecule has 0 saturated heterocycles. The fourth-order valence-corrected chi connectivity index (χ4v) is 2.19. The van der Waals surface area contributed by atoms with Gasteiger partial charge in [0.2, 0.25) is 5.88 Å². The fourth-order valence-electron chi connectivity index (χ4n) is 2.19. The fraction of sp³-hybridized carbons (Fsp3) is 0.0556. The molecular formula is C18H14F2N2O. The molecule has 2 N–H and O–H groups in total. The lowest BCUT2D eigenvalue weighted by atomic mass is 10.0. The third-order valence-corrected chi connectivity index (χ3v) is 3.34. The van der Waals surface area contributed by atoms with Crippen molar-refractivity contribution in [1.29, 1.82) is 0 Å². The molecule has 0 spiro atoms. The van der Waals surface area contributed by atoms with E-state index in [2.05, 4.69) is 4.98 Å². The Kier molecular flexibility index (Phi) is 4.19. The number of nitrogens with zero attached hydrogens (tertiary/aromatic N) is 1. The van der Waals surface area contributed by atoms with E-state index in [9.17, 15) is 8.78 Å². The number of ether oxygens (including phenoxy) is 1. The highest BCUT2D eigenvalue weighted by Gasteiger charge is 2.17. The second-order valence-corrected chi connectivity index (χ2v) is 5.03. The molecule has 2 aromatic carbocycles. The summed E-state index contributed by atoms with van der Waals surface area (Å²) < 4.78 is 32.2. The highest BCUT2D eigenvalue weighted by Crippen LogP contribution is 2.28. The second kappa shape index (κ2) is 6.44. The summed E-state index contributed by atoms with van der Waals surface area (Å²) >= 11 is 0. The first-order valence-corrected chi connectivity index (χ1v) is 7.01. The molecule has 0 radical (unpaired) electrons. The van der Waals surface area contributed by atoms with Crippen LogP contribution in [-0.4, -0.2) is 4.98 Å². The van der Waals surface area contributed by atoms with E-state index in [1.807, 2.05) is 0 Å². The minimum atomic E-state index is -0.535. The van der Waals surface area contributed by atoms with Crippen molar-refractivity contribution in [2.75, 3.05) is 5.73 Å². The van der Waals surface area contributed by atoms with Gasteiger partial charge >= 0.3 is 0 Å². The first-order valence-electron chi connectivity index (χ1n) is 7.01. The van der Waals surface area contributed by atoms with Gasteiger partial charge in [-0.1, -0.05) is 24.3 Å². The topological polar surface area (TPSA) is 48.1 Å². The molecule has 0 unspecified atom stereocenters. The predicted octanol–water partition coefficient (Wildman–Crippen LogP) is 4.11. The van der Waals surface area contributed by atoms with Gasteiger partial charge in [-0.25, -0.2) is 13.8 Å². The van der Waals surface area contributed by atoms with E-state index in [0.29, 0.717) is 11.6 Å². The number of nitrogen functional groups attached to an aromatic ring is 1. The molecule has 0 bridgehead atoms. The van der Waals surface area contributed by atoms with Gasteiger partial charge in [0.15, 0.2) is 6.10 Å². The molecule has 0 aliphatic carbocycles. The summed E-state index contributed by atoms with van der Waals surface area (Å²) in [6.45, 7) is 0. The van der Waals surface area contributed by atoms with Crippen molar-refractivity contribution in [1.82, 2.24) is 4.98 Å². The maximum Gasteiger partial charge on any atom is 0.214 e. The van der Waals surface area contributed by atoms with Crippen molar-refractivity contribution >= 4 is 5.69 Å². The van der Waals surface area contributed by atoms with E-state index in [4.69, 9.17) is 10.5 Å². The Morgan fingerprint density at radius 1 is 0.783 bits per heavy atom. The van der Waals surface area contributed by atoms with Crippen LogP contribution in [0.4, 0.5) is 14.5 Å². The Morgan fingerprint density at radius 2 is 1.30 bits per heavy atom. The summed E-state index contributed by atoms with van der Waals surface area (Å²) in [5.74, 6) is -0.299. The lowest BCUT2D eigenvalue weighted by molar-refractivity contribution is 0.237. The Morgan fingerprint density at radius 3 is 1.74 bits per heavy atom. The molecule has 23 heavy (non-hydrogen) atoms. The smallest absolute Gasteiger partial charge is 0.214 e. The van der Waals surface area contributed by atoms with Crippen LogP contribution < -0.4 is 10.5 Å². The number of hydrogen-bond donors (Lipinski definition) is 1. The minimum Gasteiger partial charge on any atom is -0.465 e. The first-order chi connectivity index (χ1) is 11.1. The summed E-state index contributed by atoms with van der Waals surface area (Å²) in [4.78, 5) is 4.11. The van der Waals surface area contributed by atoms with E-state index in [1.54, 1.807) is 36.4 Å². The van der Waals surface area contributed by atoms with Gasteiger partial charge in [-0.15, -0.1) is 0 Å². The molecule has 1 heterocycles. The molecule has 1 aromatic heterocycles. The average molecular weight is 312 g/mol. The molecule has 3 nitrogen and oxygen atoms in total. The summed E-state index contributed by atoms with van der Waals surface area (Å²) in [6, 6.07) is 15.2. The molecule has 0 saturated carbocycles. The standard InChI is InChI=1S/C18H14F2N2O/c19-14-5-1-12(2-6-14)18(13-3-7-15(20)8-4-13)23-17-10-9-16(21)11-22-17/h1-11,18H,21H2. The number of hydrogen-bond acceptors (Lipinski definition) is 3. The Labute approximate surface area is 132 Å². The normalized spacial score (nSPS) is 10.7. The second-order valence-electron chi connectivity index (χ2n) is 5.03. The first kappa shape index (κ1) is 15.0. The largest absolute Gasteiger partial charge is 0.465 e. The highest BCUT2D eigenvalue weighted by atomic mass is 19.1. The summed E-state index contributed by atoms with van der Waals surface area (Å²) in [7, 11) is 0. The summed E-state index contributed by atoms with van der Waals surface area (Å²) in [6.07, 6.45) is 0.953. The van der Waals surface area contributed by atoms with E-state index in [-0.39, 0.29) is 11.6 Å². The van der Waals surface area contributed by atoms with Crippen LogP contribution in [0.25, 0.3) is 0 Å². The van der Waals surface area contributed by atoms with Gasteiger partial charge < -0.3 is 10.5 Å². The van der Waals surface area contributed by atoms with Gasteiger partial charge in [0.05, 0.1) is 11.9 Å². The quantitative estimate of drug-likeness (QED) is 0.788. The number of benzene rings is 2. The minimum absolute atomic E-state index is 0.336. The van der Waals surface area contributed by atoms with Crippen LogP contribution >= 0.6 is 0 Å². The number of aromatic nitrogens is 1. The van der Waals surface area contributed by atoms with Crippen molar-refractivity contribution in [3.8, 4) is 5.88 Å². The SMILES string of the molecule is Nc1ccc(OC(c2ccc(F)cc2)c2ccc(F)cc2)nc1. The van der Waals surface area contributed by atoms with Crippen molar-refractivity contribution in [2.24, 2.45) is 0 Å². The van der Waals surface area contributed by atoms with Gasteiger partial charge in [0, 0.05) is 6.07 Å². The number of pyridine rings is 1. The molecular weight excluding hydrogens is 298 g/mol. The van der Waals surface area contributed by atoms with Crippen molar-refractivity contribution < 1.29 is 13.5 Å². The zero-order valence-electron chi connectivity index (χ0n) is 12.1. The summed E-state index contributed by atoms with van der Waals surface area (Å²) in [5, 5.41) is 0. The maximum absolute atomic E-state index is 13.2. The van der Waals surface area contributed by atoms with Crippen molar-refractivity contribution in [3.63, 3.8) is 0 Å². The van der Waals surface area contributed by atoms with E-state index >= 15 is 0 Å². The maximum atomic E-state index is 13.2. The van der Waals surface area contributed by atoms with Gasteiger partial charge in [0.25, 0.3) is 0 Å². The van der Waals surface area contributed by atoms with Crippen LogP contribution in [0.1, 0.15) is 17.2 Å². The highest BCUT2D eigenvalue weighted by molar-refractivity contribution is 5.37. The third-order valence-electron chi connectivity index (χ3n) is 3.34. The molecule has 0 fully saturated rings. The monoisotopic (exact) mass is 312 g/mol. The molecule has 0 atom stereocenters. The van der Waals surface area contributed by atoms with Crippen LogP contribution in [0.3, 0.4) is 0 Å². The summed E-state index contributed by atoms with van der Waals surface area (Å²) in [5.41, 5.74) is 7.60. The van der Waals surface area contributed by atoms with Crippen molar-refractivity contribution in [3.05, 3.63) is 89.6 Å². The molecule has 0 aliphatic rings. The Bertz CT molecular complexity index is 726. The van der Waals surface area contributed by atoms with Gasteiger partial charge in [0.1, 0.15) is 11.6 Å². The van der Waals surface area contributed by atoms with E-state index in [1.165, 1.54) is 30.5 Å². The van der Waals surface area contributed by atoms with Crippen LogP contribution in [0.2, 0.25) is 0 Å². The number of anilines is 1. The molecule has 0 amide bonds. The van der Waals surface area contributed by atoms with Crippen LogP contribution in [-0.2, 0) is 0 Å².